The molecule has 0 radical (unpaired) electrons. The number of methoxy groups -OCH3 is 2. The van der Waals surface area contributed by atoms with Gasteiger partial charge in [-0.2, -0.15) is 0 Å². The Labute approximate surface area is 159 Å². The van der Waals surface area contributed by atoms with Gasteiger partial charge in [-0.3, -0.25) is 4.90 Å². The fourth-order valence-corrected chi connectivity index (χ4v) is 4.05. The van der Waals surface area contributed by atoms with Crippen LogP contribution in [-0.2, 0) is 17.7 Å². The van der Waals surface area contributed by atoms with Crippen LogP contribution >= 0.6 is 0 Å². The first-order valence-corrected chi connectivity index (χ1v) is 9.38. The van der Waals surface area contributed by atoms with E-state index in [0.29, 0.717) is 5.92 Å². The molecule has 0 amide bonds. The molecule has 3 aromatic rings. The fourth-order valence-electron chi connectivity index (χ4n) is 4.05. The van der Waals surface area contributed by atoms with Gasteiger partial charge in [-0.15, -0.1) is 0 Å². The Morgan fingerprint density at radius 2 is 1.89 bits per heavy atom. The molecular formula is C22H26N2O3. The standard InChI is InChI=1S/C22H26N2O3/c1-15-8-21(27-23-15)11-19-13-24(14-22(19)26-3)12-16-4-5-18-10-20(25-2)7-6-17(18)9-16/h4-10,19,22H,11-14H2,1-3H3/t19-,22+/m1/s1. The molecule has 0 saturated carbocycles. The van der Waals surface area contributed by atoms with Crippen molar-refractivity contribution in [2.45, 2.75) is 26.0 Å². The van der Waals surface area contributed by atoms with Gasteiger partial charge in [-0.1, -0.05) is 23.4 Å². The second-order valence-corrected chi connectivity index (χ2v) is 7.41. The summed E-state index contributed by atoms with van der Waals surface area (Å²) in [6.07, 6.45) is 1.09. The Morgan fingerprint density at radius 3 is 2.63 bits per heavy atom. The minimum absolute atomic E-state index is 0.222. The van der Waals surface area contributed by atoms with E-state index >= 15 is 0 Å². The van der Waals surface area contributed by atoms with Gasteiger partial charge in [0.25, 0.3) is 0 Å². The van der Waals surface area contributed by atoms with Crippen molar-refractivity contribution in [1.29, 1.82) is 0 Å². The molecule has 0 unspecified atom stereocenters. The number of rotatable bonds is 6. The molecule has 5 nitrogen and oxygen atoms in total. The van der Waals surface area contributed by atoms with E-state index < -0.39 is 0 Å². The number of ether oxygens (including phenoxy) is 2. The van der Waals surface area contributed by atoms with Crippen LogP contribution in [0.5, 0.6) is 5.75 Å². The average Bonchev–Trinajstić information content (AvgIpc) is 3.26. The smallest absolute Gasteiger partial charge is 0.137 e. The summed E-state index contributed by atoms with van der Waals surface area (Å²) >= 11 is 0. The first-order chi connectivity index (χ1) is 13.1. The summed E-state index contributed by atoms with van der Waals surface area (Å²) in [5, 5.41) is 6.44. The highest BCUT2D eigenvalue weighted by molar-refractivity contribution is 5.84. The molecule has 142 valence electrons. The molecule has 2 heterocycles. The van der Waals surface area contributed by atoms with Gasteiger partial charge in [0.2, 0.25) is 0 Å². The number of nitrogens with zero attached hydrogens (tertiary/aromatic N) is 2. The van der Waals surface area contributed by atoms with Gasteiger partial charge in [0.05, 0.1) is 18.9 Å². The first-order valence-electron chi connectivity index (χ1n) is 9.38. The van der Waals surface area contributed by atoms with Crippen molar-refractivity contribution < 1.29 is 14.0 Å². The third kappa shape index (κ3) is 3.99. The Balaban J connectivity index is 1.45. The molecule has 0 N–H and O–H groups in total. The lowest BCUT2D eigenvalue weighted by Gasteiger charge is -2.16. The number of aromatic nitrogens is 1. The van der Waals surface area contributed by atoms with Gasteiger partial charge in [0, 0.05) is 45.1 Å². The Bertz CT molecular complexity index is 921. The van der Waals surface area contributed by atoms with Crippen molar-refractivity contribution in [3.8, 4) is 5.75 Å². The number of hydrogen-bond acceptors (Lipinski definition) is 5. The van der Waals surface area contributed by atoms with Crippen molar-refractivity contribution in [2.75, 3.05) is 27.3 Å². The van der Waals surface area contributed by atoms with Crippen LogP contribution in [0, 0.1) is 12.8 Å². The molecule has 1 saturated heterocycles. The quantitative estimate of drug-likeness (QED) is 0.663. The van der Waals surface area contributed by atoms with Crippen molar-refractivity contribution in [3.63, 3.8) is 0 Å². The largest absolute Gasteiger partial charge is 0.497 e. The third-order valence-corrected chi connectivity index (χ3v) is 5.42. The second-order valence-electron chi connectivity index (χ2n) is 7.41. The Morgan fingerprint density at radius 1 is 1.07 bits per heavy atom. The molecule has 2 aromatic carbocycles. The number of hydrogen-bond donors (Lipinski definition) is 0. The van der Waals surface area contributed by atoms with E-state index in [1.54, 1.807) is 14.2 Å². The minimum atomic E-state index is 0.222. The van der Waals surface area contributed by atoms with E-state index in [9.17, 15) is 0 Å². The zero-order valence-corrected chi connectivity index (χ0v) is 16.1. The summed E-state index contributed by atoms with van der Waals surface area (Å²) in [6, 6.07) is 14.9. The van der Waals surface area contributed by atoms with Crippen LogP contribution in [0.2, 0.25) is 0 Å². The summed E-state index contributed by atoms with van der Waals surface area (Å²) in [6.45, 7) is 4.82. The van der Waals surface area contributed by atoms with Gasteiger partial charge in [-0.25, -0.2) is 0 Å². The third-order valence-electron chi connectivity index (χ3n) is 5.42. The first kappa shape index (κ1) is 18.0. The van der Waals surface area contributed by atoms with E-state index in [4.69, 9.17) is 14.0 Å². The van der Waals surface area contributed by atoms with E-state index in [2.05, 4.69) is 40.4 Å². The summed E-state index contributed by atoms with van der Waals surface area (Å²) in [5.74, 6) is 2.26. The lowest BCUT2D eigenvalue weighted by molar-refractivity contribution is 0.0761. The van der Waals surface area contributed by atoms with Gasteiger partial charge in [0.15, 0.2) is 0 Å². The average molecular weight is 366 g/mol. The SMILES string of the molecule is COc1ccc2cc(CN3C[C@@H](Cc4cc(C)no4)[C@@H](OC)C3)ccc2c1. The number of likely N-dealkylation sites (tertiary alicyclic amines) is 1. The molecule has 27 heavy (non-hydrogen) atoms. The number of fused-ring (bicyclic) bond motifs is 1. The molecule has 1 fully saturated rings. The van der Waals surface area contributed by atoms with Gasteiger partial charge in [0.1, 0.15) is 11.5 Å². The second kappa shape index (κ2) is 7.71. The summed E-state index contributed by atoms with van der Waals surface area (Å²) in [7, 11) is 3.50. The van der Waals surface area contributed by atoms with E-state index in [1.807, 2.05) is 19.1 Å². The molecule has 1 aromatic heterocycles. The van der Waals surface area contributed by atoms with Gasteiger partial charge >= 0.3 is 0 Å². The summed E-state index contributed by atoms with van der Waals surface area (Å²) in [5.41, 5.74) is 2.25. The lowest BCUT2D eigenvalue weighted by atomic mass is 10.0. The number of benzene rings is 2. The Hall–Kier alpha value is -2.37. The fraction of sp³-hybridized carbons (Fsp3) is 0.409. The lowest BCUT2D eigenvalue weighted by Crippen LogP contribution is -2.23. The van der Waals surface area contributed by atoms with Crippen LogP contribution in [0.15, 0.2) is 47.0 Å². The van der Waals surface area contributed by atoms with Crippen LogP contribution in [-0.4, -0.2) is 43.5 Å². The molecule has 1 aliphatic rings. The summed E-state index contributed by atoms with van der Waals surface area (Å²) < 4.78 is 16.5. The predicted molar refractivity (Wildman–Crippen MR) is 105 cm³/mol. The molecule has 0 aliphatic carbocycles. The van der Waals surface area contributed by atoms with Crippen molar-refractivity contribution in [2.24, 2.45) is 5.92 Å². The highest BCUT2D eigenvalue weighted by atomic mass is 16.5. The molecule has 1 aliphatic heterocycles. The molecule has 5 heteroatoms. The molecule has 4 rings (SSSR count). The molecule has 2 atom stereocenters. The monoisotopic (exact) mass is 366 g/mol. The van der Waals surface area contributed by atoms with Crippen LogP contribution in [0.1, 0.15) is 17.0 Å². The van der Waals surface area contributed by atoms with Crippen molar-refractivity contribution in [1.82, 2.24) is 10.1 Å². The maximum atomic E-state index is 5.75. The van der Waals surface area contributed by atoms with Crippen LogP contribution in [0.25, 0.3) is 10.8 Å². The molecule has 0 spiro atoms. The van der Waals surface area contributed by atoms with E-state index in [1.165, 1.54) is 16.3 Å². The topological polar surface area (TPSA) is 47.7 Å². The highest BCUT2D eigenvalue weighted by Crippen LogP contribution is 2.27. The molecular weight excluding hydrogens is 340 g/mol. The van der Waals surface area contributed by atoms with Crippen molar-refractivity contribution in [3.05, 3.63) is 59.5 Å². The molecule has 0 bridgehead atoms. The number of aryl methyl sites for hydroxylation is 1. The van der Waals surface area contributed by atoms with E-state index in [-0.39, 0.29) is 6.10 Å². The van der Waals surface area contributed by atoms with Crippen molar-refractivity contribution >= 4 is 10.8 Å². The van der Waals surface area contributed by atoms with E-state index in [0.717, 1.165) is 43.3 Å². The van der Waals surface area contributed by atoms with Crippen LogP contribution in [0.4, 0.5) is 0 Å². The highest BCUT2D eigenvalue weighted by Gasteiger charge is 2.33. The zero-order valence-electron chi connectivity index (χ0n) is 16.1. The predicted octanol–water partition coefficient (Wildman–Crippen LogP) is 3.83. The zero-order chi connectivity index (χ0) is 18.8. The van der Waals surface area contributed by atoms with Crippen LogP contribution in [0.3, 0.4) is 0 Å². The summed E-state index contributed by atoms with van der Waals surface area (Å²) in [4.78, 5) is 2.47. The maximum Gasteiger partial charge on any atom is 0.137 e. The van der Waals surface area contributed by atoms with Gasteiger partial charge < -0.3 is 14.0 Å². The van der Waals surface area contributed by atoms with Gasteiger partial charge in [-0.05, 0) is 41.5 Å². The normalized spacial score (nSPS) is 20.4. The Kier molecular flexibility index (Phi) is 5.14. The maximum absolute atomic E-state index is 5.75. The minimum Gasteiger partial charge on any atom is -0.497 e. The van der Waals surface area contributed by atoms with Crippen LogP contribution < -0.4 is 4.74 Å².